The average Bonchev–Trinajstić information content (AvgIpc) is 2.61. The average molecular weight is 369 g/mol. The van der Waals surface area contributed by atoms with Crippen LogP contribution in [0.15, 0.2) is 24.3 Å². The number of ether oxygens (including phenoxy) is 1. The van der Waals surface area contributed by atoms with Gasteiger partial charge in [0.05, 0.1) is 12.2 Å². The highest BCUT2D eigenvalue weighted by Crippen LogP contribution is 2.31. The molecular weight excluding hydrogens is 336 g/mol. The van der Waals surface area contributed by atoms with Gasteiger partial charge in [0.25, 0.3) is 5.91 Å². The SMILES string of the molecule is CCCCOc1ccccc1C(=O)NCC1(N(C)C)CCCCC1.Cl. The molecule has 0 saturated heterocycles. The van der Waals surface area contributed by atoms with Crippen LogP contribution in [0.25, 0.3) is 0 Å². The highest BCUT2D eigenvalue weighted by molar-refractivity contribution is 5.96. The van der Waals surface area contributed by atoms with Crippen molar-refractivity contribution in [2.45, 2.75) is 57.4 Å². The van der Waals surface area contributed by atoms with E-state index >= 15 is 0 Å². The van der Waals surface area contributed by atoms with E-state index in [1.54, 1.807) is 0 Å². The van der Waals surface area contributed by atoms with E-state index in [0.29, 0.717) is 24.5 Å². The molecule has 0 bridgehead atoms. The lowest BCUT2D eigenvalue weighted by Crippen LogP contribution is -2.53. The molecule has 0 aliphatic heterocycles. The Bertz CT molecular complexity index is 528. The first kappa shape index (κ1) is 21.8. The summed E-state index contributed by atoms with van der Waals surface area (Å²) < 4.78 is 5.79. The number of hydrogen-bond donors (Lipinski definition) is 1. The second-order valence-corrected chi connectivity index (χ2v) is 7.06. The Morgan fingerprint density at radius 3 is 2.52 bits per heavy atom. The maximum atomic E-state index is 12.7. The highest BCUT2D eigenvalue weighted by atomic mass is 35.5. The van der Waals surface area contributed by atoms with Gasteiger partial charge in [-0.3, -0.25) is 4.79 Å². The van der Waals surface area contributed by atoms with Crippen molar-refractivity contribution in [1.29, 1.82) is 0 Å². The third-order valence-electron chi connectivity index (χ3n) is 5.20. The maximum absolute atomic E-state index is 12.7. The normalized spacial score (nSPS) is 16.2. The van der Waals surface area contributed by atoms with Crippen LogP contribution in [0.3, 0.4) is 0 Å². The van der Waals surface area contributed by atoms with Crippen LogP contribution in [0.5, 0.6) is 5.75 Å². The van der Waals surface area contributed by atoms with Crippen molar-refractivity contribution in [3.05, 3.63) is 29.8 Å². The molecule has 0 aromatic heterocycles. The second kappa shape index (κ2) is 10.7. The number of nitrogens with one attached hydrogen (secondary N) is 1. The summed E-state index contributed by atoms with van der Waals surface area (Å²) in [7, 11) is 4.25. The van der Waals surface area contributed by atoms with Gasteiger partial charge in [-0.25, -0.2) is 0 Å². The van der Waals surface area contributed by atoms with Gasteiger partial charge in [-0.1, -0.05) is 44.7 Å². The van der Waals surface area contributed by atoms with Crippen LogP contribution in [-0.2, 0) is 0 Å². The van der Waals surface area contributed by atoms with Gasteiger partial charge >= 0.3 is 0 Å². The number of carbonyl (C=O) groups is 1. The van der Waals surface area contributed by atoms with Crippen LogP contribution >= 0.6 is 12.4 Å². The molecule has 1 fully saturated rings. The lowest BCUT2D eigenvalue weighted by Gasteiger charge is -2.43. The van der Waals surface area contributed by atoms with Crippen molar-refractivity contribution in [1.82, 2.24) is 10.2 Å². The monoisotopic (exact) mass is 368 g/mol. The van der Waals surface area contributed by atoms with Gasteiger partial charge in [-0.15, -0.1) is 12.4 Å². The van der Waals surface area contributed by atoms with Crippen molar-refractivity contribution >= 4 is 18.3 Å². The first-order valence-corrected chi connectivity index (χ1v) is 9.26. The third kappa shape index (κ3) is 5.89. The molecule has 0 radical (unpaired) electrons. The van der Waals surface area contributed by atoms with E-state index in [4.69, 9.17) is 4.74 Å². The predicted octanol–water partition coefficient (Wildman–Crippen LogP) is 4.28. The maximum Gasteiger partial charge on any atom is 0.255 e. The summed E-state index contributed by atoms with van der Waals surface area (Å²) in [6.07, 6.45) is 8.16. The Balaban J connectivity index is 0.00000312. The van der Waals surface area contributed by atoms with Crippen molar-refractivity contribution in [2.75, 3.05) is 27.2 Å². The largest absolute Gasteiger partial charge is 0.493 e. The number of hydrogen-bond acceptors (Lipinski definition) is 3. The molecular formula is C20H33ClN2O2. The number of amides is 1. The minimum Gasteiger partial charge on any atom is -0.493 e. The fourth-order valence-corrected chi connectivity index (χ4v) is 3.44. The second-order valence-electron chi connectivity index (χ2n) is 7.06. The van der Waals surface area contributed by atoms with Gasteiger partial charge in [-0.05, 0) is 45.5 Å². The molecule has 4 nitrogen and oxygen atoms in total. The third-order valence-corrected chi connectivity index (χ3v) is 5.20. The van der Waals surface area contributed by atoms with E-state index in [1.807, 2.05) is 24.3 Å². The number of likely N-dealkylation sites (N-methyl/N-ethyl adjacent to an activating group) is 1. The summed E-state index contributed by atoms with van der Waals surface area (Å²) >= 11 is 0. The topological polar surface area (TPSA) is 41.6 Å². The number of rotatable bonds is 8. The Morgan fingerprint density at radius 2 is 1.88 bits per heavy atom. The fourth-order valence-electron chi connectivity index (χ4n) is 3.44. The van der Waals surface area contributed by atoms with E-state index in [1.165, 1.54) is 19.3 Å². The summed E-state index contributed by atoms with van der Waals surface area (Å²) in [4.78, 5) is 15.0. The van der Waals surface area contributed by atoms with E-state index in [2.05, 4.69) is 31.2 Å². The summed E-state index contributed by atoms with van der Waals surface area (Å²) in [6.45, 7) is 3.48. The molecule has 1 aliphatic carbocycles. The first-order valence-electron chi connectivity index (χ1n) is 9.26. The molecule has 2 rings (SSSR count). The predicted molar refractivity (Wildman–Crippen MR) is 106 cm³/mol. The summed E-state index contributed by atoms with van der Waals surface area (Å²) in [5.74, 6) is 0.653. The van der Waals surface area contributed by atoms with Crippen LogP contribution in [0.1, 0.15) is 62.2 Å². The number of carbonyl (C=O) groups excluding carboxylic acids is 1. The lowest BCUT2D eigenvalue weighted by atomic mass is 9.80. The zero-order valence-electron chi connectivity index (χ0n) is 15.8. The molecule has 1 amide bonds. The molecule has 25 heavy (non-hydrogen) atoms. The lowest BCUT2D eigenvalue weighted by molar-refractivity contribution is 0.0797. The zero-order chi connectivity index (χ0) is 17.4. The van der Waals surface area contributed by atoms with Gasteiger partial charge in [0, 0.05) is 12.1 Å². The Hall–Kier alpha value is -1.26. The molecule has 1 N–H and O–H groups in total. The van der Waals surface area contributed by atoms with Gasteiger partial charge in [0.2, 0.25) is 0 Å². The summed E-state index contributed by atoms with van der Waals surface area (Å²) in [5.41, 5.74) is 0.727. The van der Waals surface area contributed by atoms with E-state index in [9.17, 15) is 4.79 Å². The molecule has 1 aromatic rings. The van der Waals surface area contributed by atoms with Crippen LogP contribution in [0.2, 0.25) is 0 Å². The van der Waals surface area contributed by atoms with Crippen LogP contribution in [-0.4, -0.2) is 43.6 Å². The Morgan fingerprint density at radius 1 is 1.20 bits per heavy atom. The summed E-state index contributed by atoms with van der Waals surface area (Å²) in [5, 5.41) is 3.16. The van der Waals surface area contributed by atoms with Crippen LogP contribution in [0.4, 0.5) is 0 Å². The van der Waals surface area contributed by atoms with Gasteiger partial charge in [0.1, 0.15) is 5.75 Å². The van der Waals surface area contributed by atoms with E-state index in [0.717, 1.165) is 25.7 Å². The molecule has 1 saturated carbocycles. The van der Waals surface area contributed by atoms with E-state index in [-0.39, 0.29) is 23.9 Å². The minimum atomic E-state index is -0.0334. The Labute approximate surface area is 158 Å². The van der Waals surface area contributed by atoms with Crippen LogP contribution < -0.4 is 10.1 Å². The van der Waals surface area contributed by atoms with Gasteiger partial charge in [0.15, 0.2) is 0 Å². The van der Waals surface area contributed by atoms with Crippen molar-refractivity contribution in [2.24, 2.45) is 0 Å². The number of nitrogens with zero attached hydrogens (tertiary/aromatic N) is 1. The molecule has 0 heterocycles. The van der Waals surface area contributed by atoms with Crippen LogP contribution in [0, 0.1) is 0 Å². The molecule has 142 valence electrons. The quantitative estimate of drug-likeness (QED) is 0.696. The molecule has 0 unspecified atom stereocenters. The number of benzene rings is 1. The van der Waals surface area contributed by atoms with Crippen molar-refractivity contribution in [3.8, 4) is 5.75 Å². The van der Waals surface area contributed by atoms with E-state index < -0.39 is 0 Å². The van der Waals surface area contributed by atoms with Gasteiger partial charge in [-0.2, -0.15) is 0 Å². The Kier molecular flexibility index (Phi) is 9.30. The zero-order valence-corrected chi connectivity index (χ0v) is 16.7. The standard InChI is InChI=1S/C20H32N2O2.ClH/c1-4-5-15-24-18-12-8-7-11-17(18)19(23)21-16-20(22(2)3)13-9-6-10-14-20;/h7-8,11-12H,4-6,9-10,13-16H2,1-3H3,(H,21,23);1H. The smallest absolute Gasteiger partial charge is 0.255 e. The molecule has 0 atom stereocenters. The first-order chi connectivity index (χ1) is 11.6. The van der Waals surface area contributed by atoms with Crippen molar-refractivity contribution in [3.63, 3.8) is 0 Å². The molecule has 1 aromatic carbocycles. The van der Waals surface area contributed by atoms with Gasteiger partial charge < -0.3 is 15.0 Å². The molecule has 5 heteroatoms. The number of halogens is 1. The minimum absolute atomic E-state index is 0. The summed E-state index contributed by atoms with van der Waals surface area (Å²) in [6, 6.07) is 7.54. The van der Waals surface area contributed by atoms with Crippen molar-refractivity contribution < 1.29 is 9.53 Å². The number of para-hydroxylation sites is 1. The molecule has 1 aliphatic rings. The highest BCUT2D eigenvalue weighted by Gasteiger charge is 2.34. The number of unbranched alkanes of at least 4 members (excludes halogenated alkanes) is 1. The molecule has 0 spiro atoms. The fraction of sp³-hybridized carbons (Fsp3) is 0.650.